The summed E-state index contributed by atoms with van der Waals surface area (Å²) in [6, 6.07) is 9.08. The monoisotopic (exact) mass is 216 g/mol. The summed E-state index contributed by atoms with van der Waals surface area (Å²) in [5, 5.41) is 6.73. The Morgan fingerprint density at radius 3 is 2.62 bits per heavy atom. The number of H-pyrrole nitrogens is 1. The number of ether oxygens (including phenoxy) is 1. The van der Waals surface area contributed by atoms with Gasteiger partial charge in [0.05, 0.1) is 17.9 Å². The highest BCUT2D eigenvalue weighted by Crippen LogP contribution is 2.16. The molecule has 0 atom stereocenters. The Bertz CT molecular complexity index is 460. The fraction of sp³-hybridized carbons (Fsp3) is 0.167. The van der Waals surface area contributed by atoms with Crippen molar-refractivity contribution in [1.82, 2.24) is 10.2 Å². The van der Waals surface area contributed by atoms with Crippen LogP contribution in [0.5, 0.6) is 0 Å². The summed E-state index contributed by atoms with van der Waals surface area (Å²) in [6.07, 6.45) is 1.69. The van der Waals surface area contributed by atoms with Crippen molar-refractivity contribution >= 4 is 5.97 Å². The number of esters is 1. The Kier molecular flexibility index (Phi) is 3.00. The van der Waals surface area contributed by atoms with E-state index in [4.69, 9.17) is 4.74 Å². The standard InChI is InChI=1S/C12H12N2O2/c1-2-16-12(15)10-5-3-9(4-6-10)11-7-8-13-14-11/h3-8H,2H2,1H3,(H,13,14). The average molecular weight is 216 g/mol. The summed E-state index contributed by atoms with van der Waals surface area (Å²) in [5.41, 5.74) is 2.48. The molecule has 1 aromatic carbocycles. The molecule has 1 N–H and O–H groups in total. The molecule has 0 aliphatic rings. The third kappa shape index (κ3) is 2.11. The summed E-state index contributed by atoms with van der Waals surface area (Å²) in [6.45, 7) is 2.18. The molecule has 1 heterocycles. The first kappa shape index (κ1) is 10.4. The van der Waals surface area contributed by atoms with Crippen LogP contribution in [0.15, 0.2) is 36.5 Å². The summed E-state index contributed by atoms with van der Waals surface area (Å²) in [7, 11) is 0. The minimum Gasteiger partial charge on any atom is -0.462 e. The van der Waals surface area contributed by atoms with Crippen molar-refractivity contribution < 1.29 is 9.53 Å². The molecule has 0 amide bonds. The summed E-state index contributed by atoms with van der Waals surface area (Å²) in [5.74, 6) is -0.293. The van der Waals surface area contributed by atoms with Crippen molar-refractivity contribution in [3.05, 3.63) is 42.1 Å². The Morgan fingerprint density at radius 1 is 1.31 bits per heavy atom. The SMILES string of the molecule is CCOC(=O)c1ccc(-c2ccn[nH]2)cc1. The van der Waals surface area contributed by atoms with Gasteiger partial charge in [0.2, 0.25) is 0 Å². The predicted octanol–water partition coefficient (Wildman–Crippen LogP) is 2.25. The quantitative estimate of drug-likeness (QED) is 0.800. The lowest BCUT2D eigenvalue weighted by Crippen LogP contribution is -2.03. The van der Waals surface area contributed by atoms with E-state index < -0.39 is 0 Å². The molecule has 4 heteroatoms. The highest BCUT2D eigenvalue weighted by Gasteiger charge is 2.06. The van der Waals surface area contributed by atoms with Crippen molar-refractivity contribution in [1.29, 1.82) is 0 Å². The van der Waals surface area contributed by atoms with Gasteiger partial charge in [-0.3, -0.25) is 5.10 Å². The third-order valence-corrected chi connectivity index (χ3v) is 2.21. The van der Waals surface area contributed by atoms with Crippen molar-refractivity contribution in [3.63, 3.8) is 0 Å². The predicted molar refractivity (Wildman–Crippen MR) is 60.0 cm³/mol. The fourth-order valence-corrected chi connectivity index (χ4v) is 1.42. The zero-order chi connectivity index (χ0) is 11.4. The minimum absolute atomic E-state index is 0.293. The molecule has 0 radical (unpaired) electrons. The minimum atomic E-state index is -0.293. The van der Waals surface area contributed by atoms with E-state index in [1.54, 1.807) is 25.3 Å². The van der Waals surface area contributed by atoms with E-state index in [0.717, 1.165) is 11.3 Å². The summed E-state index contributed by atoms with van der Waals surface area (Å²) in [4.78, 5) is 11.4. The van der Waals surface area contributed by atoms with Gasteiger partial charge in [-0.05, 0) is 30.7 Å². The molecule has 0 aliphatic heterocycles. The van der Waals surface area contributed by atoms with Gasteiger partial charge in [0.1, 0.15) is 0 Å². The van der Waals surface area contributed by atoms with Gasteiger partial charge in [0.15, 0.2) is 0 Å². The molecular formula is C12H12N2O2. The number of carbonyl (C=O) groups is 1. The Hall–Kier alpha value is -2.10. The molecule has 0 saturated heterocycles. The first-order chi connectivity index (χ1) is 7.81. The van der Waals surface area contributed by atoms with Crippen LogP contribution in [0, 0.1) is 0 Å². The first-order valence-electron chi connectivity index (χ1n) is 5.08. The number of rotatable bonds is 3. The lowest BCUT2D eigenvalue weighted by molar-refractivity contribution is 0.0526. The second-order valence-corrected chi connectivity index (χ2v) is 3.27. The van der Waals surface area contributed by atoms with E-state index in [1.165, 1.54) is 0 Å². The van der Waals surface area contributed by atoms with Crippen LogP contribution in [0.25, 0.3) is 11.3 Å². The molecular weight excluding hydrogens is 204 g/mol. The molecule has 16 heavy (non-hydrogen) atoms. The Morgan fingerprint density at radius 2 is 2.06 bits per heavy atom. The number of aromatic amines is 1. The number of aromatic nitrogens is 2. The van der Waals surface area contributed by atoms with Crippen LogP contribution in [0.2, 0.25) is 0 Å². The van der Waals surface area contributed by atoms with E-state index >= 15 is 0 Å². The van der Waals surface area contributed by atoms with Gasteiger partial charge < -0.3 is 4.74 Å². The Balaban J connectivity index is 2.20. The molecule has 0 aliphatic carbocycles. The molecule has 1 aromatic heterocycles. The van der Waals surface area contributed by atoms with Gasteiger partial charge in [0, 0.05) is 6.20 Å². The van der Waals surface area contributed by atoms with Crippen LogP contribution < -0.4 is 0 Å². The molecule has 0 bridgehead atoms. The summed E-state index contributed by atoms with van der Waals surface area (Å²) < 4.78 is 4.90. The summed E-state index contributed by atoms with van der Waals surface area (Å²) >= 11 is 0. The number of nitrogens with zero attached hydrogens (tertiary/aromatic N) is 1. The van der Waals surface area contributed by atoms with E-state index in [2.05, 4.69) is 10.2 Å². The second kappa shape index (κ2) is 4.61. The van der Waals surface area contributed by atoms with Crippen LogP contribution in [0.3, 0.4) is 0 Å². The molecule has 0 saturated carbocycles. The number of benzene rings is 1. The zero-order valence-corrected chi connectivity index (χ0v) is 8.93. The largest absolute Gasteiger partial charge is 0.462 e. The maximum absolute atomic E-state index is 11.4. The topological polar surface area (TPSA) is 55.0 Å². The van der Waals surface area contributed by atoms with Gasteiger partial charge in [-0.1, -0.05) is 12.1 Å². The number of hydrogen-bond acceptors (Lipinski definition) is 3. The average Bonchev–Trinajstić information content (AvgIpc) is 2.83. The van der Waals surface area contributed by atoms with Crippen molar-refractivity contribution in [3.8, 4) is 11.3 Å². The highest BCUT2D eigenvalue weighted by molar-refractivity contribution is 5.89. The smallest absolute Gasteiger partial charge is 0.338 e. The lowest BCUT2D eigenvalue weighted by Gasteiger charge is -2.02. The zero-order valence-electron chi connectivity index (χ0n) is 8.93. The molecule has 2 aromatic rings. The van der Waals surface area contributed by atoms with E-state index in [-0.39, 0.29) is 5.97 Å². The maximum atomic E-state index is 11.4. The van der Waals surface area contributed by atoms with Gasteiger partial charge in [-0.15, -0.1) is 0 Å². The van der Waals surface area contributed by atoms with Gasteiger partial charge in [-0.25, -0.2) is 4.79 Å². The van der Waals surface area contributed by atoms with Gasteiger partial charge in [0.25, 0.3) is 0 Å². The third-order valence-electron chi connectivity index (χ3n) is 2.21. The number of hydrogen-bond donors (Lipinski definition) is 1. The number of carbonyl (C=O) groups excluding carboxylic acids is 1. The molecule has 0 spiro atoms. The van der Waals surface area contributed by atoms with Crippen LogP contribution in [-0.4, -0.2) is 22.8 Å². The molecule has 2 rings (SSSR count). The second-order valence-electron chi connectivity index (χ2n) is 3.27. The number of nitrogens with one attached hydrogen (secondary N) is 1. The van der Waals surface area contributed by atoms with Crippen molar-refractivity contribution in [2.24, 2.45) is 0 Å². The normalized spacial score (nSPS) is 10.1. The van der Waals surface area contributed by atoms with Crippen molar-refractivity contribution in [2.75, 3.05) is 6.61 Å². The van der Waals surface area contributed by atoms with Crippen LogP contribution in [0.4, 0.5) is 0 Å². The molecule has 0 fully saturated rings. The molecule has 4 nitrogen and oxygen atoms in total. The molecule has 0 unspecified atom stereocenters. The Labute approximate surface area is 93.3 Å². The molecule has 82 valence electrons. The van der Waals surface area contributed by atoms with Crippen molar-refractivity contribution in [2.45, 2.75) is 6.92 Å². The van der Waals surface area contributed by atoms with Crippen LogP contribution >= 0.6 is 0 Å². The van der Waals surface area contributed by atoms with Crippen LogP contribution in [0.1, 0.15) is 17.3 Å². The fourth-order valence-electron chi connectivity index (χ4n) is 1.42. The van der Waals surface area contributed by atoms with E-state index in [0.29, 0.717) is 12.2 Å². The first-order valence-corrected chi connectivity index (χ1v) is 5.08. The lowest BCUT2D eigenvalue weighted by atomic mass is 10.1. The van der Waals surface area contributed by atoms with E-state index in [9.17, 15) is 4.79 Å². The van der Waals surface area contributed by atoms with Gasteiger partial charge >= 0.3 is 5.97 Å². The highest BCUT2D eigenvalue weighted by atomic mass is 16.5. The maximum Gasteiger partial charge on any atom is 0.338 e. The van der Waals surface area contributed by atoms with E-state index in [1.807, 2.05) is 18.2 Å². The van der Waals surface area contributed by atoms with Crippen LogP contribution in [-0.2, 0) is 4.74 Å². The van der Waals surface area contributed by atoms with Gasteiger partial charge in [-0.2, -0.15) is 5.10 Å².